The van der Waals surface area contributed by atoms with E-state index in [1.165, 1.54) is 0 Å². The summed E-state index contributed by atoms with van der Waals surface area (Å²) in [6, 6.07) is 13.8. The number of amides is 1. The Morgan fingerprint density at radius 2 is 1.85 bits per heavy atom. The molecule has 0 saturated carbocycles. The van der Waals surface area contributed by atoms with Crippen LogP contribution in [-0.4, -0.2) is 19.1 Å². The van der Waals surface area contributed by atoms with Crippen LogP contribution in [0.4, 0.5) is 0 Å². The van der Waals surface area contributed by atoms with Crippen molar-refractivity contribution in [3.8, 4) is 11.5 Å². The maximum absolute atomic E-state index is 12.6. The highest BCUT2D eigenvalue weighted by Gasteiger charge is 2.20. The van der Waals surface area contributed by atoms with E-state index in [9.17, 15) is 4.79 Å². The molecule has 4 heteroatoms. The van der Waals surface area contributed by atoms with Gasteiger partial charge in [-0.15, -0.1) is 0 Å². The molecule has 0 aliphatic carbocycles. The fourth-order valence-electron chi connectivity index (χ4n) is 2.98. The zero-order chi connectivity index (χ0) is 19.1. The van der Waals surface area contributed by atoms with Crippen molar-refractivity contribution in [2.45, 2.75) is 52.7 Å². The van der Waals surface area contributed by atoms with Crippen molar-refractivity contribution in [1.82, 2.24) is 5.32 Å². The van der Waals surface area contributed by atoms with Gasteiger partial charge in [0.2, 0.25) is 0 Å². The van der Waals surface area contributed by atoms with E-state index < -0.39 is 6.10 Å². The summed E-state index contributed by atoms with van der Waals surface area (Å²) in [7, 11) is 1.66. The molecule has 0 saturated heterocycles. The molecule has 2 rings (SSSR count). The van der Waals surface area contributed by atoms with Gasteiger partial charge in [-0.05, 0) is 55.5 Å². The summed E-state index contributed by atoms with van der Waals surface area (Å²) < 4.78 is 11.2. The number of benzene rings is 2. The van der Waals surface area contributed by atoms with E-state index in [1.807, 2.05) is 43.3 Å². The molecule has 4 nitrogen and oxygen atoms in total. The number of para-hydroxylation sites is 1. The number of rotatable bonds is 8. The minimum Gasteiger partial charge on any atom is -0.496 e. The lowest BCUT2D eigenvalue weighted by molar-refractivity contribution is -0.128. The van der Waals surface area contributed by atoms with Crippen LogP contribution in [-0.2, 0) is 11.2 Å². The lowest BCUT2D eigenvalue weighted by Crippen LogP contribution is -2.38. The molecule has 0 spiro atoms. The highest BCUT2D eigenvalue weighted by molar-refractivity contribution is 5.81. The van der Waals surface area contributed by atoms with Gasteiger partial charge in [-0.3, -0.25) is 4.79 Å². The third-order valence-corrected chi connectivity index (χ3v) is 4.57. The van der Waals surface area contributed by atoms with Gasteiger partial charge in [0.05, 0.1) is 13.2 Å². The third-order valence-electron chi connectivity index (χ3n) is 4.57. The lowest BCUT2D eigenvalue weighted by Gasteiger charge is -2.22. The Hall–Kier alpha value is -2.49. The number of ether oxygens (including phenoxy) is 2. The molecule has 0 fully saturated rings. The second-order valence-corrected chi connectivity index (χ2v) is 6.42. The van der Waals surface area contributed by atoms with Crippen molar-refractivity contribution in [1.29, 1.82) is 0 Å². The lowest BCUT2D eigenvalue weighted by atomic mass is 10.0. The third kappa shape index (κ3) is 4.78. The van der Waals surface area contributed by atoms with E-state index in [-0.39, 0.29) is 11.9 Å². The Bertz CT molecular complexity index is 742. The van der Waals surface area contributed by atoms with Crippen LogP contribution < -0.4 is 14.8 Å². The van der Waals surface area contributed by atoms with Gasteiger partial charge in [-0.1, -0.05) is 44.2 Å². The van der Waals surface area contributed by atoms with Crippen molar-refractivity contribution < 1.29 is 14.3 Å². The Morgan fingerprint density at radius 1 is 1.12 bits per heavy atom. The topological polar surface area (TPSA) is 47.6 Å². The van der Waals surface area contributed by atoms with Gasteiger partial charge in [-0.2, -0.15) is 0 Å². The predicted molar refractivity (Wildman–Crippen MR) is 105 cm³/mol. The van der Waals surface area contributed by atoms with Crippen LogP contribution >= 0.6 is 0 Å². The van der Waals surface area contributed by atoms with E-state index in [2.05, 4.69) is 25.2 Å². The second-order valence-electron chi connectivity index (χ2n) is 6.42. The molecule has 0 unspecified atom stereocenters. The summed E-state index contributed by atoms with van der Waals surface area (Å²) in [5.41, 5.74) is 3.23. The highest BCUT2D eigenvalue weighted by atomic mass is 16.5. The summed E-state index contributed by atoms with van der Waals surface area (Å²) in [5, 5.41) is 3.10. The summed E-state index contributed by atoms with van der Waals surface area (Å²) in [4.78, 5) is 12.6. The number of aryl methyl sites for hydroxylation is 2. The molecule has 26 heavy (non-hydrogen) atoms. The first-order chi connectivity index (χ1) is 12.5. The number of carbonyl (C=O) groups excluding carboxylic acids is 1. The van der Waals surface area contributed by atoms with Gasteiger partial charge >= 0.3 is 0 Å². The van der Waals surface area contributed by atoms with Crippen molar-refractivity contribution in [2.75, 3.05) is 7.11 Å². The Balaban J connectivity index is 2.07. The van der Waals surface area contributed by atoms with Crippen LogP contribution in [0.15, 0.2) is 42.5 Å². The van der Waals surface area contributed by atoms with E-state index in [4.69, 9.17) is 9.47 Å². The van der Waals surface area contributed by atoms with Gasteiger partial charge in [0.1, 0.15) is 11.5 Å². The van der Waals surface area contributed by atoms with Crippen molar-refractivity contribution >= 4 is 5.91 Å². The van der Waals surface area contributed by atoms with E-state index in [0.29, 0.717) is 0 Å². The van der Waals surface area contributed by atoms with Crippen LogP contribution in [0, 0.1) is 6.92 Å². The Kier molecular flexibility index (Phi) is 7.07. The van der Waals surface area contributed by atoms with E-state index in [1.54, 1.807) is 14.0 Å². The maximum Gasteiger partial charge on any atom is 0.261 e. The smallest absolute Gasteiger partial charge is 0.261 e. The van der Waals surface area contributed by atoms with Crippen LogP contribution in [0.3, 0.4) is 0 Å². The normalized spacial score (nSPS) is 13.0. The van der Waals surface area contributed by atoms with Gasteiger partial charge in [-0.25, -0.2) is 0 Å². The quantitative estimate of drug-likeness (QED) is 0.753. The molecule has 1 N–H and O–H groups in total. The molecule has 0 aromatic heterocycles. The van der Waals surface area contributed by atoms with Gasteiger partial charge < -0.3 is 14.8 Å². The number of carbonyl (C=O) groups is 1. The largest absolute Gasteiger partial charge is 0.496 e. The molecule has 0 bridgehead atoms. The minimum absolute atomic E-state index is 0.0559. The summed E-state index contributed by atoms with van der Waals surface area (Å²) in [6.07, 6.45) is 1.11. The number of nitrogens with one attached hydrogen (secondary N) is 1. The average Bonchev–Trinajstić information content (AvgIpc) is 2.66. The molecule has 0 aliphatic rings. The number of hydrogen-bond donors (Lipinski definition) is 1. The van der Waals surface area contributed by atoms with E-state index in [0.717, 1.165) is 41.0 Å². The molecule has 2 aromatic rings. The van der Waals surface area contributed by atoms with Crippen LogP contribution in [0.2, 0.25) is 0 Å². The van der Waals surface area contributed by atoms with Crippen molar-refractivity contribution in [3.63, 3.8) is 0 Å². The molecule has 2 atom stereocenters. The fraction of sp³-hybridized carbons (Fsp3) is 0.409. The van der Waals surface area contributed by atoms with Crippen molar-refractivity contribution in [3.05, 3.63) is 59.2 Å². The first-order valence-corrected chi connectivity index (χ1v) is 9.19. The first-order valence-electron chi connectivity index (χ1n) is 9.19. The Labute approximate surface area is 156 Å². The van der Waals surface area contributed by atoms with Crippen LogP contribution in [0.1, 0.15) is 49.9 Å². The molecule has 1 amide bonds. The van der Waals surface area contributed by atoms with E-state index >= 15 is 0 Å². The maximum atomic E-state index is 12.6. The standard InChI is InChI=1S/C22H29NO3/c1-6-17-10-8-9-11-21(17)26-16(4)22(24)23-19(7-2)18-12-13-20(25-5)15(3)14-18/h8-14,16,19H,6-7H2,1-5H3,(H,23,24)/t16-,19-/m0/s1. The minimum atomic E-state index is -0.559. The molecular formula is C22H29NO3. The summed E-state index contributed by atoms with van der Waals surface area (Å²) in [5.74, 6) is 1.50. The highest BCUT2D eigenvalue weighted by Crippen LogP contribution is 2.25. The number of hydrogen-bond acceptors (Lipinski definition) is 3. The zero-order valence-corrected chi connectivity index (χ0v) is 16.3. The van der Waals surface area contributed by atoms with Gasteiger partial charge in [0.15, 0.2) is 6.10 Å². The summed E-state index contributed by atoms with van der Waals surface area (Å²) in [6.45, 7) is 7.92. The zero-order valence-electron chi connectivity index (χ0n) is 16.3. The SMILES string of the molecule is CCc1ccccc1O[C@@H](C)C(=O)N[C@@H](CC)c1ccc(OC)c(C)c1. The van der Waals surface area contributed by atoms with Crippen LogP contribution in [0.25, 0.3) is 0 Å². The molecule has 2 aromatic carbocycles. The van der Waals surface area contributed by atoms with Gasteiger partial charge in [0, 0.05) is 0 Å². The molecular weight excluding hydrogens is 326 g/mol. The average molecular weight is 355 g/mol. The molecule has 0 radical (unpaired) electrons. The Morgan fingerprint density at radius 3 is 2.46 bits per heavy atom. The van der Waals surface area contributed by atoms with Crippen LogP contribution in [0.5, 0.6) is 11.5 Å². The monoisotopic (exact) mass is 355 g/mol. The number of methoxy groups -OCH3 is 1. The second kappa shape index (κ2) is 9.27. The summed E-state index contributed by atoms with van der Waals surface area (Å²) >= 11 is 0. The first kappa shape index (κ1) is 19.8. The van der Waals surface area contributed by atoms with Gasteiger partial charge in [0.25, 0.3) is 5.91 Å². The predicted octanol–water partition coefficient (Wildman–Crippen LogP) is 4.60. The van der Waals surface area contributed by atoms with Crippen molar-refractivity contribution in [2.24, 2.45) is 0 Å². The fourth-order valence-corrected chi connectivity index (χ4v) is 2.98. The molecule has 0 heterocycles. The molecule has 0 aliphatic heterocycles. The molecule has 140 valence electrons.